The van der Waals surface area contributed by atoms with Crippen LogP contribution in [-0.4, -0.2) is 47.6 Å². The van der Waals surface area contributed by atoms with Crippen LogP contribution in [-0.2, 0) is 10.0 Å². The lowest BCUT2D eigenvalue weighted by molar-refractivity contribution is 0.0843. The van der Waals surface area contributed by atoms with E-state index in [2.05, 4.69) is 20.8 Å². The van der Waals surface area contributed by atoms with E-state index in [1.807, 2.05) is 0 Å². The van der Waals surface area contributed by atoms with Gasteiger partial charge in [0.05, 0.1) is 11.1 Å². The Kier molecular flexibility index (Phi) is 5.77. The SMILES string of the molecule is O=C(NNC(=O)c1cnccn1)c1ccc(S(=O)(=O)N2CCCCC2)cc1. The highest BCUT2D eigenvalue weighted by atomic mass is 32.2. The second kappa shape index (κ2) is 8.23. The molecular weight excluding hydrogens is 370 g/mol. The van der Waals surface area contributed by atoms with Crippen molar-refractivity contribution in [2.45, 2.75) is 24.2 Å². The van der Waals surface area contributed by atoms with Crippen LogP contribution in [0.3, 0.4) is 0 Å². The Bertz CT molecular complexity index is 910. The standard InChI is InChI=1S/C17H19N5O4S/c23-16(20-21-17(24)15-12-18-8-9-19-15)13-4-6-14(7-5-13)27(25,26)22-10-2-1-3-11-22/h4-9,12H,1-3,10-11H2,(H,20,23)(H,21,24). The molecule has 1 saturated heterocycles. The van der Waals surface area contributed by atoms with E-state index in [9.17, 15) is 18.0 Å². The first-order chi connectivity index (χ1) is 13.0. The van der Waals surface area contributed by atoms with E-state index < -0.39 is 21.8 Å². The van der Waals surface area contributed by atoms with Crippen molar-refractivity contribution in [3.8, 4) is 0 Å². The smallest absolute Gasteiger partial charge is 0.267 e. The van der Waals surface area contributed by atoms with Crippen LogP contribution in [0.25, 0.3) is 0 Å². The number of carbonyl (C=O) groups excluding carboxylic acids is 2. The molecule has 0 bridgehead atoms. The van der Waals surface area contributed by atoms with Gasteiger partial charge in [-0.2, -0.15) is 4.31 Å². The van der Waals surface area contributed by atoms with Crippen molar-refractivity contribution >= 4 is 21.8 Å². The molecule has 142 valence electrons. The molecule has 1 fully saturated rings. The average Bonchev–Trinajstić information content (AvgIpc) is 2.73. The molecule has 1 aliphatic heterocycles. The average molecular weight is 389 g/mol. The molecule has 0 atom stereocenters. The number of carbonyl (C=O) groups is 2. The first-order valence-electron chi connectivity index (χ1n) is 8.45. The van der Waals surface area contributed by atoms with Crippen LogP contribution in [0.2, 0.25) is 0 Å². The number of hydrogen-bond donors (Lipinski definition) is 2. The maximum atomic E-state index is 12.6. The molecule has 10 heteroatoms. The lowest BCUT2D eigenvalue weighted by Gasteiger charge is -2.25. The van der Waals surface area contributed by atoms with Gasteiger partial charge in [0, 0.05) is 31.0 Å². The van der Waals surface area contributed by atoms with Gasteiger partial charge in [-0.25, -0.2) is 13.4 Å². The number of aromatic nitrogens is 2. The largest absolute Gasteiger partial charge is 0.289 e. The fraction of sp³-hybridized carbons (Fsp3) is 0.294. The number of hydrogen-bond acceptors (Lipinski definition) is 6. The summed E-state index contributed by atoms with van der Waals surface area (Å²) in [6.07, 6.45) is 6.79. The predicted octanol–water partition coefficient (Wildman–Crippen LogP) is 0.726. The Balaban J connectivity index is 1.62. The number of rotatable bonds is 4. The quantitative estimate of drug-likeness (QED) is 0.744. The summed E-state index contributed by atoms with van der Waals surface area (Å²) in [4.78, 5) is 31.7. The lowest BCUT2D eigenvalue weighted by Crippen LogP contribution is -2.42. The molecule has 27 heavy (non-hydrogen) atoms. The van der Waals surface area contributed by atoms with Gasteiger partial charge >= 0.3 is 0 Å². The second-order valence-corrected chi connectivity index (χ2v) is 7.93. The molecule has 0 aliphatic carbocycles. The fourth-order valence-electron chi connectivity index (χ4n) is 2.70. The van der Waals surface area contributed by atoms with Crippen LogP contribution >= 0.6 is 0 Å². The maximum absolute atomic E-state index is 12.6. The lowest BCUT2D eigenvalue weighted by atomic mass is 10.2. The normalized spacial score (nSPS) is 15.1. The zero-order valence-corrected chi connectivity index (χ0v) is 15.3. The highest BCUT2D eigenvalue weighted by Gasteiger charge is 2.25. The first kappa shape index (κ1) is 18.9. The van der Waals surface area contributed by atoms with E-state index in [1.54, 1.807) is 0 Å². The van der Waals surface area contributed by atoms with Crippen LogP contribution in [0.15, 0.2) is 47.8 Å². The Morgan fingerprint density at radius 1 is 0.926 bits per heavy atom. The van der Waals surface area contributed by atoms with E-state index in [1.165, 1.54) is 47.2 Å². The first-order valence-corrected chi connectivity index (χ1v) is 9.89. The van der Waals surface area contributed by atoms with E-state index >= 15 is 0 Å². The molecule has 0 unspecified atom stereocenters. The van der Waals surface area contributed by atoms with Crippen LogP contribution in [0, 0.1) is 0 Å². The molecule has 2 heterocycles. The Labute approximate surface area is 156 Å². The maximum Gasteiger partial charge on any atom is 0.289 e. The minimum absolute atomic E-state index is 0.0563. The molecule has 2 amide bonds. The van der Waals surface area contributed by atoms with Crippen LogP contribution in [0.5, 0.6) is 0 Å². The van der Waals surface area contributed by atoms with Crippen molar-refractivity contribution in [3.63, 3.8) is 0 Å². The molecule has 0 radical (unpaired) electrons. The van der Waals surface area contributed by atoms with Gasteiger partial charge in [-0.1, -0.05) is 6.42 Å². The molecule has 3 rings (SSSR count). The Hall–Kier alpha value is -2.85. The zero-order valence-electron chi connectivity index (χ0n) is 14.5. The molecule has 2 N–H and O–H groups in total. The molecule has 9 nitrogen and oxygen atoms in total. The number of nitrogens with zero attached hydrogens (tertiary/aromatic N) is 3. The number of hydrazine groups is 1. The topological polar surface area (TPSA) is 121 Å². The predicted molar refractivity (Wildman–Crippen MR) is 96.0 cm³/mol. The third-order valence-electron chi connectivity index (χ3n) is 4.15. The van der Waals surface area contributed by atoms with Crippen LogP contribution in [0.4, 0.5) is 0 Å². The van der Waals surface area contributed by atoms with Gasteiger partial charge in [0.1, 0.15) is 5.69 Å². The number of benzene rings is 1. The highest BCUT2D eigenvalue weighted by molar-refractivity contribution is 7.89. The number of nitrogens with one attached hydrogen (secondary N) is 2. The summed E-state index contributed by atoms with van der Waals surface area (Å²) in [6.45, 7) is 1.03. The van der Waals surface area contributed by atoms with Crippen molar-refractivity contribution in [3.05, 3.63) is 54.1 Å². The summed E-state index contributed by atoms with van der Waals surface area (Å²) in [5, 5.41) is 0. The van der Waals surface area contributed by atoms with Gasteiger partial charge in [0.25, 0.3) is 11.8 Å². The molecule has 1 aromatic carbocycles. The molecule has 1 aromatic heterocycles. The van der Waals surface area contributed by atoms with Gasteiger partial charge in [0.2, 0.25) is 10.0 Å². The third kappa shape index (κ3) is 4.47. The van der Waals surface area contributed by atoms with E-state index in [0.717, 1.165) is 19.3 Å². The summed E-state index contributed by atoms with van der Waals surface area (Å²) >= 11 is 0. The van der Waals surface area contributed by atoms with E-state index in [0.29, 0.717) is 13.1 Å². The highest BCUT2D eigenvalue weighted by Crippen LogP contribution is 2.20. The number of piperidine rings is 1. The van der Waals surface area contributed by atoms with E-state index in [-0.39, 0.29) is 16.2 Å². The van der Waals surface area contributed by atoms with Gasteiger partial charge in [0.15, 0.2) is 0 Å². The summed E-state index contributed by atoms with van der Waals surface area (Å²) in [7, 11) is -3.55. The minimum atomic E-state index is -3.55. The number of amides is 2. The van der Waals surface area contributed by atoms with Gasteiger partial charge in [-0.15, -0.1) is 0 Å². The van der Waals surface area contributed by atoms with Gasteiger partial charge in [-0.3, -0.25) is 25.4 Å². The van der Waals surface area contributed by atoms with E-state index in [4.69, 9.17) is 0 Å². The molecule has 1 aliphatic rings. The van der Waals surface area contributed by atoms with Crippen molar-refractivity contribution in [1.82, 2.24) is 25.1 Å². The zero-order chi connectivity index (χ0) is 19.3. The minimum Gasteiger partial charge on any atom is -0.267 e. The Morgan fingerprint density at radius 2 is 1.59 bits per heavy atom. The molecule has 0 saturated carbocycles. The number of sulfonamides is 1. The Morgan fingerprint density at radius 3 is 2.22 bits per heavy atom. The summed E-state index contributed by atoms with van der Waals surface area (Å²) in [6, 6.07) is 5.59. The van der Waals surface area contributed by atoms with Gasteiger partial charge < -0.3 is 0 Å². The van der Waals surface area contributed by atoms with Crippen molar-refractivity contribution in [2.75, 3.05) is 13.1 Å². The molecule has 2 aromatic rings. The summed E-state index contributed by atoms with van der Waals surface area (Å²) in [5.74, 6) is -1.19. The fourth-order valence-corrected chi connectivity index (χ4v) is 4.22. The monoisotopic (exact) mass is 389 g/mol. The van der Waals surface area contributed by atoms with Crippen molar-refractivity contribution in [1.29, 1.82) is 0 Å². The second-order valence-electron chi connectivity index (χ2n) is 5.99. The summed E-state index contributed by atoms with van der Waals surface area (Å²) in [5.41, 5.74) is 4.75. The van der Waals surface area contributed by atoms with Crippen molar-refractivity contribution < 1.29 is 18.0 Å². The summed E-state index contributed by atoms with van der Waals surface area (Å²) < 4.78 is 26.7. The van der Waals surface area contributed by atoms with Crippen LogP contribution in [0.1, 0.15) is 40.1 Å². The van der Waals surface area contributed by atoms with Gasteiger partial charge in [-0.05, 0) is 37.1 Å². The third-order valence-corrected chi connectivity index (χ3v) is 6.07. The van der Waals surface area contributed by atoms with Crippen molar-refractivity contribution in [2.24, 2.45) is 0 Å². The molecule has 0 spiro atoms. The molecular formula is C17H19N5O4S. The van der Waals surface area contributed by atoms with Crippen LogP contribution < -0.4 is 10.9 Å².